The molecule has 1 aliphatic heterocycles. The highest BCUT2D eigenvalue weighted by Crippen LogP contribution is 2.23. The van der Waals surface area contributed by atoms with Gasteiger partial charge in [-0.2, -0.15) is 0 Å². The Balaban J connectivity index is 0.00000112. The third kappa shape index (κ3) is 2.30. The first-order chi connectivity index (χ1) is 6.66. The summed E-state index contributed by atoms with van der Waals surface area (Å²) in [6, 6.07) is 3.62. The molecule has 0 aliphatic carbocycles. The predicted octanol–water partition coefficient (Wildman–Crippen LogP) is 1.73. The summed E-state index contributed by atoms with van der Waals surface area (Å²) in [5.74, 6) is -1.11. The monoisotopic (exact) mass is 233 g/mol. The maximum Gasteiger partial charge on any atom is 0.407 e. The van der Waals surface area contributed by atoms with Crippen molar-refractivity contribution in [2.75, 3.05) is 6.61 Å². The van der Waals surface area contributed by atoms with Crippen molar-refractivity contribution in [1.29, 1.82) is 0 Å². The van der Waals surface area contributed by atoms with E-state index < -0.39 is 17.7 Å². The van der Waals surface area contributed by atoms with Gasteiger partial charge in [0.1, 0.15) is 6.61 Å². The van der Waals surface area contributed by atoms with Crippen LogP contribution in [0.1, 0.15) is 11.6 Å². The minimum atomic E-state index is -0.705. The van der Waals surface area contributed by atoms with E-state index in [-0.39, 0.29) is 25.1 Å². The zero-order chi connectivity index (χ0) is 10.1. The summed E-state index contributed by atoms with van der Waals surface area (Å²) in [5.41, 5.74) is 0.575. The highest BCUT2D eigenvalue weighted by molar-refractivity contribution is 5.85. The van der Waals surface area contributed by atoms with Crippen LogP contribution < -0.4 is 5.32 Å². The number of cyclic esters (lactones) is 1. The van der Waals surface area contributed by atoms with Gasteiger partial charge in [0.05, 0.1) is 6.04 Å². The van der Waals surface area contributed by atoms with Gasteiger partial charge in [0.25, 0.3) is 0 Å². The number of carbonyl (C=O) groups is 1. The first kappa shape index (κ1) is 11.6. The number of amides is 1. The number of rotatable bonds is 1. The van der Waals surface area contributed by atoms with Crippen molar-refractivity contribution in [1.82, 2.24) is 5.32 Å². The van der Waals surface area contributed by atoms with Crippen LogP contribution in [0.3, 0.4) is 0 Å². The van der Waals surface area contributed by atoms with Crippen molar-refractivity contribution in [3.05, 3.63) is 29.6 Å². The van der Waals surface area contributed by atoms with E-state index in [2.05, 4.69) is 10.1 Å². The second-order valence-electron chi connectivity index (χ2n) is 3.01. The molecule has 1 amide bonds. The Hall–Kier alpha value is -1.49. The zero-order valence-electron chi connectivity index (χ0n) is 7.57. The topological polar surface area (TPSA) is 58.6 Å². The molecule has 1 aromatic carbocycles. The van der Waals surface area contributed by atoms with Gasteiger partial charge in [-0.25, -0.2) is 9.18 Å². The molecule has 0 radical (unpaired) electrons. The highest BCUT2D eigenvalue weighted by atomic mass is 35.5. The van der Waals surface area contributed by atoms with Gasteiger partial charge in [0, 0.05) is 0 Å². The molecule has 0 spiro atoms. The van der Waals surface area contributed by atoms with Crippen LogP contribution in [-0.4, -0.2) is 17.8 Å². The summed E-state index contributed by atoms with van der Waals surface area (Å²) in [5, 5.41) is 11.5. The van der Waals surface area contributed by atoms with Crippen LogP contribution in [0.15, 0.2) is 18.2 Å². The molecule has 1 aromatic rings. The van der Waals surface area contributed by atoms with E-state index in [0.29, 0.717) is 5.56 Å². The van der Waals surface area contributed by atoms with E-state index >= 15 is 0 Å². The fourth-order valence-corrected chi connectivity index (χ4v) is 1.30. The molecule has 1 heterocycles. The number of alkyl carbamates (subject to hydrolysis) is 1. The van der Waals surface area contributed by atoms with E-state index in [0.717, 1.165) is 0 Å². The lowest BCUT2D eigenvalue weighted by Gasteiger charge is -2.07. The lowest BCUT2D eigenvalue weighted by atomic mass is 10.1. The number of benzene rings is 1. The quantitative estimate of drug-likeness (QED) is 0.777. The van der Waals surface area contributed by atoms with Crippen molar-refractivity contribution in [3.63, 3.8) is 0 Å². The SMILES string of the molecule is Cl.O=C1N[C@H](c2ccc(O)c(F)c2)CO1. The Kier molecular flexibility index (Phi) is 3.36. The third-order valence-electron chi connectivity index (χ3n) is 2.05. The van der Waals surface area contributed by atoms with Gasteiger partial charge < -0.3 is 15.2 Å². The number of halogens is 2. The average Bonchev–Trinajstić information content (AvgIpc) is 2.57. The molecule has 0 saturated carbocycles. The third-order valence-corrected chi connectivity index (χ3v) is 2.05. The van der Waals surface area contributed by atoms with Crippen LogP contribution in [0.25, 0.3) is 0 Å². The summed E-state index contributed by atoms with van der Waals surface area (Å²) in [4.78, 5) is 10.7. The smallest absolute Gasteiger partial charge is 0.407 e. The van der Waals surface area contributed by atoms with Crippen LogP contribution in [-0.2, 0) is 4.74 Å². The van der Waals surface area contributed by atoms with Crippen molar-refractivity contribution in [2.24, 2.45) is 0 Å². The molecule has 0 bridgehead atoms. The number of aromatic hydroxyl groups is 1. The fraction of sp³-hybridized carbons (Fsp3) is 0.222. The van der Waals surface area contributed by atoms with Crippen LogP contribution in [0.4, 0.5) is 9.18 Å². The Bertz CT molecular complexity index is 386. The molecule has 6 heteroatoms. The number of hydrogen-bond donors (Lipinski definition) is 2. The van der Waals surface area contributed by atoms with Gasteiger partial charge in [-0.15, -0.1) is 12.4 Å². The Labute approximate surface area is 91.5 Å². The molecule has 1 saturated heterocycles. The number of phenolic OH excluding ortho intramolecular Hbond substituents is 1. The lowest BCUT2D eigenvalue weighted by Crippen LogP contribution is -2.18. The van der Waals surface area contributed by atoms with E-state index in [1.165, 1.54) is 18.2 Å². The molecule has 2 rings (SSSR count). The number of carbonyl (C=O) groups excluding carboxylic acids is 1. The van der Waals surface area contributed by atoms with Gasteiger partial charge in [-0.05, 0) is 17.7 Å². The molecule has 1 fully saturated rings. The maximum atomic E-state index is 12.9. The Morgan fingerprint density at radius 3 is 2.80 bits per heavy atom. The summed E-state index contributed by atoms with van der Waals surface area (Å²) in [6.07, 6.45) is -0.511. The highest BCUT2D eigenvalue weighted by Gasteiger charge is 2.24. The van der Waals surface area contributed by atoms with Gasteiger partial charge in [0.2, 0.25) is 0 Å². The molecular formula is C9H9ClFNO3. The van der Waals surface area contributed by atoms with E-state index in [1.54, 1.807) is 0 Å². The lowest BCUT2D eigenvalue weighted by molar-refractivity contribution is 0.177. The first-order valence-corrected chi connectivity index (χ1v) is 4.08. The maximum absolute atomic E-state index is 12.9. The summed E-state index contributed by atoms with van der Waals surface area (Å²) in [7, 11) is 0. The normalized spacial score (nSPS) is 19.0. The molecule has 0 aromatic heterocycles. The molecule has 82 valence electrons. The van der Waals surface area contributed by atoms with Crippen molar-refractivity contribution < 1.29 is 19.0 Å². The van der Waals surface area contributed by atoms with Crippen LogP contribution in [0, 0.1) is 5.82 Å². The standard InChI is InChI=1S/C9H8FNO3.ClH/c10-6-3-5(1-2-8(6)12)7-4-14-9(13)11-7;/h1-3,7,12H,4H2,(H,11,13);1H/t7-;/m0./s1. The molecule has 1 atom stereocenters. The van der Waals surface area contributed by atoms with E-state index in [9.17, 15) is 9.18 Å². The number of nitrogens with one attached hydrogen (secondary N) is 1. The van der Waals surface area contributed by atoms with Crippen LogP contribution >= 0.6 is 12.4 Å². The van der Waals surface area contributed by atoms with Gasteiger partial charge in [0.15, 0.2) is 11.6 Å². The first-order valence-electron chi connectivity index (χ1n) is 4.08. The summed E-state index contributed by atoms with van der Waals surface area (Å²) < 4.78 is 17.6. The minimum Gasteiger partial charge on any atom is -0.505 e. The molecular weight excluding hydrogens is 225 g/mol. The number of hydrogen-bond acceptors (Lipinski definition) is 3. The van der Waals surface area contributed by atoms with Crippen molar-refractivity contribution >= 4 is 18.5 Å². The Morgan fingerprint density at radius 1 is 1.53 bits per heavy atom. The van der Waals surface area contributed by atoms with Crippen LogP contribution in [0.2, 0.25) is 0 Å². The fourth-order valence-electron chi connectivity index (χ4n) is 1.30. The predicted molar refractivity (Wildman–Crippen MR) is 52.5 cm³/mol. The van der Waals surface area contributed by atoms with Crippen LogP contribution in [0.5, 0.6) is 5.75 Å². The molecule has 1 aliphatic rings. The molecule has 15 heavy (non-hydrogen) atoms. The Morgan fingerprint density at radius 2 is 2.27 bits per heavy atom. The zero-order valence-corrected chi connectivity index (χ0v) is 8.38. The average molecular weight is 234 g/mol. The largest absolute Gasteiger partial charge is 0.505 e. The number of ether oxygens (including phenoxy) is 1. The minimum absolute atomic E-state index is 0. The van der Waals surface area contributed by atoms with Crippen molar-refractivity contribution in [2.45, 2.75) is 6.04 Å². The second kappa shape index (κ2) is 4.35. The van der Waals surface area contributed by atoms with E-state index in [4.69, 9.17) is 5.11 Å². The molecule has 4 nitrogen and oxygen atoms in total. The van der Waals surface area contributed by atoms with Crippen molar-refractivity contribution in [3.8, 4) is 5.75 Å². The molecule has 2 N–H and O–H groups in total. The van der Waals surface area contributed by atoms with E-state index in [1.807, 2.05) is 0 Å². The summed E-state index contributed by atoms with van der Waals surface area (Å²) in [6.45, 7) is 0.184. The van der Waals surface area contributed by atoms with Gasteiger partial charge in [-0.3, -0.25) is 0 Å². The second-order valence-corrected chi connectivity index (χ2v) is 3.01. The van der Waals surface area contributed by atoms with Gasteiger partial charge >= 0.3 is 6.09 Å². The number of phenols is 1. The molecule has 0 unspecified atom stereocenters. The van der Waals surface area contributed by atoms with Gasteiger partial charge in [-0.1, -0.05) is 6.07 Å². The summed E-state index contributed by atoms with van der Waals surface area (Å²) >= 11 is 0.